The summed E-state index contributed by atoms with van der Waals surface area (Å²) in [4.78, 5) is 2.65. The summed E-state index contributed by atoms with van der Waals surface area (Å²) in [5, 5.41) is 1.13. The second-order valence-corrected chi connectivity index (χ2v) is 10.5. The number of rotatable bonds is 6. The van der Waals surface area contributed by atoms with Crippen molar-refractivity contribution in [1.82, 2.24) is 4.90 Å². The molecule has 1 saturated carbocycles. The van der Waals surface area contributed by atoms with E-state index in [1.165, 1.54) is 23.7 Å². The van der Waals surface area contributed by atoms with E-state index in [-0.39, 0.29) is 11.8 Å². The summed E-state index contributed by atoms with van der Waals surface area (Å²) in [6.45, 7) is 12.3. The molecule has 1 saturated heterocycles. The molecule has 2 fully saturated rings. The van der Waals surface area contributed by atoms with Crippen LogP contribution in [0, 0.1) is 11.8 Å². The molecule has 2 nitrogen and oxygen atoms in total. The van der Waals surface area contributed by atoms with E-state index in [1.807, 2.05) is 6.08 Å². The molecule has 0 amide bonds. The molecule has 3 rings (SSSR count). The van der Waals surface area contributed by atoms with Crippen molar-refractivity contribution in [1.29, 1.82) is 0 Å². The van der Waals surface area contributed by atoms with Crippen molar-refractivity contribution < 1.29 is 4.74 Å². The van der Waals surface area contributed by atoms with Gasteiger partial charge in [-0.05, 0) is 0 Å². The van der Waals surface area contributed by atoms with Crippen LogP contribution in [0.1, 0.15) is 46.5 Å². The average molecular weight is 406 g/mol. The number of hydrogen-bond acceptors (Lipinski definition) is 2. The number of nitrogens with zero attached hydrogens (tertiary/aromatic N) is 1. The molecule has 0 spiro atoms. The Balaban J connectivity index is 1.76. The summed E-state index contributed by atoms with van der Waals surface area (Å²) in [5.41, 5.74) is 0.212. The quantitative estimate of drug-likeness (QED) is 0.517. The van der Waals surface area contributed by atoms with E-state index in [9.17, 15) is 0 Å². The van der Waals surface area contributed by atoms with Crippen molar-refractivity contribution in [2.24, 2.45) is 11.8 Å². The predicted octanol–water partition coefficient (Wildman–Crippen LogP) is 4.25. The Morgan fingerprint density at radius 2 is 2.04 bits per heavy atom. The number of fused-ring (bicyclic) bond motifs is 1. The van der Waals surface area contributed by atoms with Gasteiger partial charge in [0.1, 0.15) is 0 Å². The predicted molar refractivity (Wildman–Crippen MR) is 107 cm³/mol. The van der Waals surface area contributed by atoms with E-state index >= 15 is 0 Å². The van der Waals surface area contributed by atoms with Crippen LogP contribution in [0.15, 0.2) is 43.0 Å². The Morgan fingerprint density at radius 1 is 1.28 bits per heavy atom. The van der Waals surface area contributed by atoms with E-state index in [1.54, 1.807) is 0 Å². The molecule has 138 valence electrons. The average Bonchev–Trinajstić information content (AvgIpc) is 2.59. The zero-order valence-corrected chi connectivity index (χ0v) is 17.7. The molecule has 0 radical (unpaired) electrons. The molecule has 0 N–H and O–H groups in total. The minimum absolute atomic E-state index is 0.212. The van der Waals surface area contributed by atoms with Gasteiger partial charge in [0.25, 0.3) is 0 Å². The molecule has 1 aliphatic heterocycles. The van der Waals surface area contributed by atoms with Crippen LogP contribution in [0.4, 0.5) is 0 Å². The van der Waals surface area contributed by atoms with Gasteiger partial charge in [0.05, 0.1) is 0 Å². The van der Waals surface area contributed by atoms with Crippen molar-refractivity contribution in [2.75, 3.05) is 6.54 Å². The molecule has 2 aliphatic rings. The third-order valence-electron chi connectivity index (χ3n) is 6.09. The van der Waals surface area contributed by atoms with Crippen LogP contribution >= 0.6 is 0 Å². The van der Waals surface area contributed by atoms with E-state index in [4.69, 9.17) is 4.74 Å². The van der Waals surface area contributed by atoms with Crippen LogP contribution in [0.3, 0.4) is 0 Å². The van der Waals surface area contributed by atoms with Crippen molar-refractivity contribution in [3.8, 4) is 0 Å². The molecule has 3 heteroatoms. The molecule has 1 aliphatic carbocycles. The van der Waals surface area contributed by atoms with Gasteiger partial charge in [-0.25, -0.2) is 0 Å². The Kier molecular flexibility index (Phi) is 6.44. The van der Waals surface area contributed by atoms with Crippen molar-refractivity contribution >= 4 is 19.4 Å². The molecular weight excluding hydrogens is 373 g/mol. The fourth-order valence-electron chi connectivity index (χ4n) is 4.62. The van der Waals surface area contributed by atoms with Crippen LogP contribution in [0.5, 0.6) is 0 Å². The first-order valence-electron chi connectivity index (χ1n) is 9.73. The minimum atomic E-state index is 0.212. The molecule has 0 bridgehead atoms. The molecule has 1 aromatic rings. The first kappa shape index (κ1) is 19.2. The monoisotopic (exact) mass is 407 g/mol. The Labute approximate surface area is 160 Å². The summed E-state index contributed by atoms with van der Waals surface area (Å²) in [7, 11) is 0. The van der Waals surface area contributed by atoms with Crippen molar-refractivity contribution in [2.45, 2.75) is 69.6 Å². The normalized spacial score (nSPS) is 32.1. The van der Waals surface area contributed by atoms with Gasteiger partial charge < -0.3 is 0 Å². The number of hydrogen-bond donors (Lipinski definition) is 0. The standard InChI is InChI=1S/C22H33NOSe/c1-5-6-14-23-21(16-25-18-10-8-7-9-11-18)24-20-15-17(2)12-13-19(20)22(23,3)4/h5,7-11,17,19-21H,1,6,12-16H2,2-4H3/t17-,19-,20-,21+/m1/s1. The number of ether oxygens (including phenoxy) is 1. The SMILES string of the molecule is C=CCCN1[C@H](C[Se]c2ccccc2)O[C@@H]2C[C@H](C)CC[C@H]2C1(C)C. The first-order chi connectivity index (χ1) is 12.0. The van der Waals surface area contributed by atoms with Gasteiger partial charge in [-0.3, -0.25) is 0 Å². The molecule has 0 aromatic heterocycles. The molecule has 1 aromatic carbocycles. The maximum absolute atomic E-state index is 6.74. The summed E-state index contributed by atoms with van der Waals surface area (Å²) < 4.78 is 8.21. The first-order valence-corrected chi connectivity index (χ1v) is 11.8. The van der Waals surface area contributed by atoms with E-state index in [2.05, 4.69) is 62.6 Å². The van der Waals surface area contributed by atoms with Crippen molar-refractivity contribution in [3.05, 3.63) is 43.0 Å². The van der Waals surface area contributed by atoms with E-state index in [0.29, 0.717) is 27.0 Å². The van der Waals surface area contributed by atoms with Crippen LogP contribution in [-0.4, -0.2) is 44.3 Å². The zero-order valence-electron chi connectivity index (χ0n) is 16.0. The molecule has 1 heterocycles. The van der Waals surface area contributed by atoms with Crippen LogP contribution < -0.4 is 4.46 Å². The third-order valence-corrected chi connectivity index (χ3v) is 8.31. The zero-order chi connectivity index (χ0) is 17.9. The summed E-state index contributed by atoms with van der Waals surface area (Å²) in [6, 6.07) is 10.9. The van der Waals surface area contributed by atoms with E-state index in [0.717, 1.165) is 24.2 Å². The molecule has 25 heavy (non-hydrogen) atoms. The van der Waals surface area contributed by atoms with Gasteiger partial charge >= 0.3 is 160 Å². The summed E-state index contributed by atoms with van der Waals surface area (Å²) in [6.07, 6.45) is 7.66. The maximum atomic E-state index is 6.74. The van der Waals surface area contributed by atoms with Crippen LogP contribution in [0.25, 0.3) is 0 Å². The molecular formula is C22H33NOSe. The summed E-state index contributed by atoms with van der Waals surface area (Å²) >= 11 is 0.460. The van der Waals surface area contributed by atoms with Crippen LogP contribution in [0.2, 0.25) is 5.32 Å². The Morgan fingerprint density at radius 3 is 2.76 bits per heavy atom. The fourth-order valence-corrected chi connectivity index (χ4v) is 6.60. The van der Waals surface area contributed by atoms with E-state index < -0.39 is 0 Å². The fraction of sp³-hybridized carbons (Fsp3) is 0.636. The molecule has 4 atom stereocenters. The van der Waals surface area contributed by atoms with Gasteiger partial charge in [0.2, 0.25) is 0 Å². The van der Waals surface area contributed by atoms with Gasteiger partial charge in [-0.1, -0.05) is 0 Å². The Hall–Kier alpha value is -0.601. The molecule has 0 unspecified atom stereocenters. The second-order valence-electron chi connectivity index (χ2n) is 8.20. The Bertz CT molecular complexity index is 558. The van der Waals surface area contributed by atoms with Gasteiger partial charge in [-0.2, -0.15) is 0 Å². The van der Waals surface area contributed by atoms with Gasteiger partial charge in [0, 0.05) is 0 Å². The van der Waals surface area contributed by atoms with Gasteiger partial charge in [0.15, 0.2) is 0 Å². The third kappa shape index (κ3) is 4.39. The van der Waals surface area contributed by atoms with Crippen molar-refractivity contribution in [3.63, 3.8) is 0 Å². The summed E-state index contributed by atoms with van der Waals surface area (Å²) in [5.74, 6) is 1.46. The number of benzene rings is 1. The van der Waals surface area contributed by atoms with Crippen LogP contribution in [-0.2, 0) is 4.74 Å². The second kappa shape index (κ2) is 8.39. The van der Waals surface area contributed by atoms with Gasteiger partial charge in [-0.15, -0.1) is 0 Å². The topological polar surface area (TPSA) is 12.5 Å².